The minimum absolute atomic E-state index is 0.150. The molecule has 0 heterocycles. The molecule has 19 heavy (non-hydrogen) atoms. The average Bonchev–Trinajstić information content (AvgIpc) is 2.65. The third-order valence-corrected chi connectivity index (χ3v) is 4.20. The molecule has 1 saturated carbocycles. The molecule has 2 rings (SSSR count). The lowest BCUT2D eigenvalue weighted by Gasteiger charge is -2.26. The Hall–Kier alpha value is -0.960. The van der Waals surface area contributed by atoms with Gasteiger partial charge in [-0.3, -0.25) is 0 Å². The highest BCUT2D eigenvalue weighted by Crippen LogP contribution is 2.37. The molecule has 0 amide bonds. The third-order valence-electron chi connectivity index (χ3n) is 4.20. The smallest absolute Gasteiger partial charge is 0.162 e. The molecule has 0 aliphatic heterocycles. The first kappa shape index (κ1) is 14.4. The molecule has 1 aromatic carbocycles. The van der Waals surface area contributed by atoms with Crippen LogP contribution in [0.5, 0.6) is 0 Å². The van der Waals surface area contributed by atoms with Gasteiger partial charge in [-0.05, 0) is 49.4 Å². The van der Waals surface area contributed by atoms with Gasteiger partial charge in [-0.25, -0.2) is 8.78 Å². The number of benzene rings is 1. The van der Waals surface area contributed by atoms with E-state index in [0.717, 1.165) is 32.4 Å². The molecule has 1 fully saturated rings. The van der Waals surface area contributed by atoms with Crippen molar-refractivity contribution in [3.63, 3.8) is 0 Å². The summed E-state index contributed by atoms with van der Waals surface area (Å²) in [5, 5.41) is 3.36. The highest BCUT2D eigenvalue weighted by Gasteiger charge is 2.27. The second-order valence-electron chi connectivity index (χ2n) is 5.46. The Morgan fingerprint density at radius 2 is 1.95 bits per heavy atom. The number of nitrogens with one attached hydrogen (secondary N) is 1. The van der Waals surface area contributed by atoms with Crippen LogP contribution < -0.4 is 5.32 Å². The Balaban J connectivity index is 2.23. The predicted octanol–water partition coefficient (Wildman–Crippen LogP) is 4.24. The maximum Gasteiger partial charge on any atom is 0.162 e. The summed E-state index contributed by atoms with van der Waals surface area (Å²) < 4.78 is 27.4. The topological polar surface area (TPSA) is 12.0 Å². The van der Waals surface area contributed by atoms with Crippen molar-refractivity contribution in [1.82, 2.24) is 5.32 Å². The van der Waals surface area contributed by atoms with Gasteiger partial charge in [0.1, 0.15) is 0 Å². The molecule has 1 aliphatic carbocycles. The summed E-state index contributed by atoms with van der Waals surface area (Å²) in [5.74, 6) is -0.796. The van der Waals surface area contributed by atoms with E-state index in [4.69, 9.17) is 0 Å². The Morgan fingerprint density at radius 3 is 2.74 bits per heavy atom. The molecule has 2 unspecified atom stereocenters. The fourth-order valence-corrected chi connectivity index (χ4v) is 3.17. The molecule has 0 aromatic heterocycles. The van der Waals surface area contributed by atoms with Crippen LogP contribution >= 0.6 is 0 Å². The first-order valence-corrected chi connectivity index (χ1v) is 7.38. The van der Waals surface area contributed by atoms with Gasteiger partial charge in [0.15, 0.2) is 11.6 Å². The summed E-state index contributed by atoms with van der Waals surface area (Å²) in [6.45, 7) is 3.90. The van der Waals surface area contributed by atoms with E-state index in [1.54, 1.807) is 12.1 Å². The van der Waals surface area contributed by atoms with E-state index in [-0.39, 0.29) is 5.92 Å². The van der Waals surface area contributed by atoms with Crippen LogP contribution in [0.1, 0.15) is 50.5 Å². The number of halogens is 2. The molecule has 0 radical (unpaired) electrons. The normalized spacial score (nSPS) is 24.2. The van der Waals surface area contributed by atoms with Crippen molar-refractivity contribution in [2.75, 3.05) is 13.1 Å². The maximum atomic E-state index is 14.0. The Bertz CT molecular complexity index is 406. The van der Waals surface area contributed by atoms with Gasteiger partial charge in [0.2, 0.25) is 0 Å². The molecule has 1 N–H and O–H groups in total. The molecular weight excluding hydrogens is 244 g/mol. The van der Waals surface area contributed by atoms with Crippen LogP contribution in [-0.4, -0.2) is 13.1 Å². The lowest BCUT2D eigenvalue weighted by atomic mass is 9.82. The van der Waals surface area contributed by atoms with Gasteiger partial charge >= 0.3 is 0 Å². The van der Waals surface area contributed by atoms with Crippen molar-refractivity contribution in [3.8, 4) is 0 Å². The van der Waals surface area contributed by atoms with Gasteiger partial charge in [-0.2, -0.15) is 0 Å². The Kier molecular flexibility index (Phi) is 5.32. The second kappa shape index (κ2) is 6.99. The van der Waals surface area contributed by atoms with E-state index in [2.05, 4.69) is 12.2 Å². The number of hydrogen-bond acceptors (Lipinski definition) is 1. The van der Waals surface area contributed by atoms with Crippen molar-refractivity contribution in [2.45, 2.75) is 44.9 Å². The third kappa shape index (κ3) is 3.53. The minimum atomic E-state index is -0.719. The minimum Gasteiger partial charge on any atom is -0.317 e. The lowest BCUT2D eigenvalue weighted by Crippen LogP contribution is -2.27. The van der Waals surface area contributed by atoms with Crippen LogP contribution in [0, 0.1) is 17.6 Å². The summed E-state index contributed by atoms with van der Waals surface area (Å²) in [5.41, 5.74) is 0.574. The quantitative estimate of drug-likeness (QED) is 0.805. The zero-order chi connectivity index (χ0) is 13.7. The van der Waals surface area contributed by atoms with Gasteiger partial charge in [-0.15, -0.1) is 0 Å². The van der Waals surface area contributed by atoms with Crippen molar-refractivity contribution >= 4 is 0 Å². The van der Waals surface area contributed by atoms with Crippen molar-refractivity contribution in [3.05, 3.63) is 35.4 Å². The van der Waals surface area contributed by atoms with E-state index in [0.29, 0.717) is 11.5 Å². The molecule has 0 spiro atoms. The van der Waals surface area contributed by atoms with Crippen LogP contribution in [0.25, 0.3) is 0 Å². The zero-order valence-electron chi connectivity index (χ0n) is 11.6. The molecule has 1 nitrogen and oxygen atoms in total. The van der Waals surface area contributed by atoms with E-state index in [1.165, 1.54) is 18.9 Å². The van der Waals surface area contributed by atoms with Crippen molar-refractivity contribution < 1.29 is 8.78 Å². The monoisotopic (exact) mass is 267 g/mol. The van der Waals surface area contributed by atoms with Gasteiger partial charge in [0.25, 0.3) is 0 Å². The van der Waals surface area contributed by atoms with Crippen LogP contribution in [0.4, 0.5) is 8.78 Å². The average molecular weight is 267 g/mol. The summed E-state index contributed by atoms with van der Waals surface area (Å²) in [7, 11) is 0. The van der Waals surface area contributed by atoms with Gasteiger partial charge in [-0.1, -0.05) is 38.3 Å². The van der Waals surface area contributed by atoms with Crippen molar-refractivity contribution in [2.24, 2.45) is 5.92 Å². The molecule has 106 valence electrons. The van der Waals surface area contributed by atoms with E-state index in [1.807, 2.05) is 0 Å². The Labute approximate surface area is 114 Å². The molecule has 0 bridgehead atoms. The second-order valence-corrected chi connectivity index (χ2v) is 5.46. The standard InChI is InChI=1S/C16H23F2N/c1-2-19-11-12-7-4-3-5-8-13(12)14-9-6-10-15(17)16(14)18/h6,9-10,12-13,19H,2-5,7-8,11H2,1H3. The fraction of sp³-hybridized carbons (Fsp3) is 0.625. The van der Waals surface area contributed by atoms with E-state index in [9.17, 15) is 8.78 Å². The van der Waals surface area contributed by atoms with Gasteiger partial charge in [0.05, 0.1) is 0 Å². The largest absolute Gasteiger partial charge is 0.317 e. The molecule has 1 aromatic rings. The highest BCUT2D eigenvalue weighted by atomic mass is 19.2. The number of rotatable bonds is 4. The molecular formula is C16H23F2N. The van der Waals surface area contributed by atoms with Crippen LogP contribution in [-0.2, 0) is 0 Å². The van der Waals surface area contributed by atoms with E-state index >= 15 is 0 Å². The van der Waals surface area contributed by atoms with Gasteiger partial charge < -0.3 is 5.32 Å². The van der Waals surface area contributed by atoms with Crippen molar-refractivity contribution in [1.29, 1.82) is 0 Å². The van der Waals surface area contributed by atoms with Crippen LogP contribution in [0.15, 0.2) is 18.2 Å². The SMILES string of the molecule is CCNCC1CCCCCC1c1cccc(F)c1F. The van der Waals surface area contributed by atoms with E-state index < -0.39 is 11.6 Å². The summed E-state index contributed by atoms with van der Waals surface area (Å²) in [6.07, 6.45) is 5.59. The van der Waals surface area contributed by atoms with Gasteiger partial charge in [0, 0.05) is 0 Å². The molecule has 0 saturated heterocycles. The summed E-state index contributed by atoms with van der Waals surface area (Å²) >= 11 is 0. The molecule has 3 heteroatoms. The summed E-state index contributed by atoms with van der Waals surface area (Å²) in [6, 6.07) is 4.59. The lowest BCUT2D eigenvalue weighted by molar-refractivity contribution is 0.364. The first-order chi connectivity index (χ1) is 9.24. The zero-order valence-corrected chi connectivity index (χ0v) is 11.6. The first-order valence-electron chi connectivity index (χ1n) is 7.38. The fourth-order valence-electron chi connectivity index (χ4n) is 3.17. The van der Waals surface area contributed by atoms with Crippen LogP contribution in [0.2, 0.25) is 0 Å². The molecule has 2 atom stereocenters. The van der Waals surface area contributed by atoms with Crippen LogP contribution in [0.3, 0.4) is 0 Å². The Morgan fingerprint density at radius 1 is 1.16 bits per heavy atom. The predicted molar refractivity (Wildman–Crippen MR) is 74.2 cm³/mol. The maximum absolute atomic E-state index is 14.0. The highest BCUT2D eigenvalue weighted by molar-refractivity contribution is 5.24. The summed E-state index contributed by atoms with van der Waals surface area (Å²) in [4.78, 5) is 0. The number of hydrogen-bond donors (Lipinski definition) is 1. The molecule has 1 aliphatic rings.